The second-order valence-corrected chi connectivity index (χ2v) is 11.5. The van der Waals surface area contributed by atoms with Crippen molar-refractivity contribution in [3.8, 4) is 11.5 Å². The lowest BCUT2D eigenvalue weighted by atomic mass is 9.49. The number of carbonyl (C=O) groups is 1. The van der Waals surface area contributed by atoms with Crippen LogP contribution in [0, 0.1) is 11.3 Å². The van der Waals surface area contributed by atoms with Gasteiger partial charge >= 0.3 is 0 Å². The number of fused-ring (bicyclic) bond motifs is 3. The van der Waals surface area contributed by atoms with Gasteiger partial charge in [-0.2, -0.15) is 0 Å². The second kappa shape index (κ2) is 8.97. The molecular weight excluding hydrogens is 456 g/mol. The Bertz CT molecular complexity index is 988. The summed E-state index contributed by atoms with van der Waals surface area (Å²) in [5, 5.41) is 62.7. The zero-order valence-electron chi connectivity index (χ0n) is 20.9. The van der Waals surface area contributed by atoms with E-state index in [9.17, 15) is 35.4 Å². The number of aliphatic hydroxyl groups is 5. The Labute approximate surface area is 205 Å². The zero-order valence-corrected chi connectivity index (χ0v) is 20.9. The van der Waals surface area contributed by atoms with Crippen LogP contribution in [-0.4, -0.2) is 79.8 Å². The molecule has 1 aromatic carbocycles. The van der Waals surface area contributed by atoms with Crippen molar-refractivity contribution in [2.45, 2.75) is 102 Å². The van der Waals surface area contributed by atoms with Gasteiger partial charge in [-0.05, 0) is 24.3 Å². The molecule has 2 fully saturated rings. The number of ketones is 1. The van der Waals surface area contributed by atoms with Crippen molar-refractivity contribution in [1.29, 1.82) is 0 Å². The number of phenols is 1. The van der Waals surface area contributed by atoms with Crippen LogP contribution >= 0.6 is 0 Å². The summed E-state index contributed by atoms with van der Waals surface area (Å²) in [5.74, 6) is -0.698. The molecule has 4 rings (SSSR count). The van der Waals surface area contributed by atoms with E-state index in [2.05, 4.69) is 0 Å². The van der Waals surface area contributed by atoms with Crippen LogP contribution < -0.4 is 4.74 Å². The number of Topliss-reactive ketones (excluding diaryl/α,β-unsaturated/α-hetero) is 1. The number of aliphatic hydroxyl groups excluding tert-OH is 5. The first-order chi connectivity index (χ1) is 16.2. The summed E-state index contributed by atoms with van der Waals surface area (Å²) in [7, 11) is 0. The Morgan fingerprint density at radius 2 is 1.77 bits per heavy atom. The Morgan fingerprint density at radius 1 is 1.11 bits per heavy atom. The lowest BCUT2D eigenvalue weighted by Gasteiger charge is -2.55. The summed E-state index contributed by atoms with van der Waals surface area (Å²) in [4.78, 5) is 13.4. The first-order valence-corrected chi connectivity index (χ1v) is 12.3. The van der Waals surface area contributed by atoms with E-state index in [0.29, 0.717) is 29.5 Å². The van der Waals surface area contributed by atoms with E-state index in [1.807, 2.05) is 40.7 Å². The predicted octanol–water partition coefficient (Wildman–Crippen LogP) is 0.874. The van der Waals surface area contributed by atoms with Gasteiger partial charge in [-0.3, -0.25) is 4.79 Å². The fourth-order valence-electron chi connectivity index (χ4n) is 6.63. The molecule has 8 atom stereocenters. The molecule has 9 heteroatoms. The lowest BCUT2D eigenvalue weighted by Crippen LogP contribution is -2.60. The molecule has 3 aliphatic rings. The SMILES string of the molecule is CC(C)c1cc2c(c(O)c1OC1OC(CO)C(O)C(O)C1O)C1(C)CCC(O)C(C)(C)C1C(=O)C2. The normalized spacial score (nSPS) is 38.7. The van der Waals surface area contributed by atoms with Crippen LogP contribution in [0.4, 0.5) is 0 Å². The maximum absolute atomic E-state index is 13.4. The van der Waals surface area contributed by atoms with E-state index in [-0.39, 0.29) is 29.6 Å². The Balaban J connectivity index is 1.84. The van der Waals surface area contributed by atoms with Crippen molar-refractivity contribution in [2.75, 3.05) is 6.61 Å². The summed E-state index contributed by atoms with van der Waals surface area (Å²) in [6.07, 6.45) is -6.93. The van der Waals surface area contributed by atoms with Gasteiger partial charge in [0.2, 0.25) is 6.29 Å². The van der Waals surface area contributed by atoms with Crippen LogP contribution in [-0.2, 0) is 21.4 Å². The van der Waals surface area contributed by atoms with E-state index < -0.39 is 60.2 Å². The summed E-state index contributed by atoms with van der Waals surface area (Å²) in [6.45, 7) is 8.90. The first kappa shape index (κ1) is 26.3. The molecule has 0 radical (unpaired) electrons. The van der Waals surface area contributed by atoms with E-state index in [4.69, 9.17) is 9.47 Å². The van der Waals surface area contributed by atoms with Gasteiger partial charge in [0, 0.05) is 34.3 Å². The molecule has 2 aliphatic carbocycles. The second-order valence-electron chi connectivity index (χ2n) is 11.5. The fourth-order valence-corrected chi connectivity index (χ4v) is 6.63. The Hall–Kier alpha value is -1.75. The third-order valence-electron chi connectivity index (χ3n) is 8.50. The van der Waals surface area contributed by atoms with Crippen molar-refractivity contribution >= 4 is 5.78 Å². The van der Waals surface area contributed by atoms with Gasteiger partial charge in [0.1, 0.15) is 30.2 Å². The quantitative estimate of drug-likeness (QED) is 0.357. The number of phenolic OH excluding ortho intramolecular Hbond substituents is 1. The van der Waals surface area contributed by atoms with Gasteiger partial charge in [0.15, 0.2) is 11.5 Å². The number of carbonyl (C=O) groups excluding carboxylic acids is 1. The van der Waals surface area contributed by atoms with E-state index in [1.54, 1.807) is 0 Å². The number of ether oxygens (including phenoxy) is 2. The largest absolute Gasteiger partial charge is 0.504 e. The van der Waals surface area contributed by atoms with Crippen LogP contribution in [0.1, 0.15) is 70.1 Å². The fraction of sp³-hybridized carbons (Fsp3) is 0.731. The van der Waals surface area contributed by atoms with Gasteiger partial charge in [-0.15, -0.1) is 0 Å². The summed E-state index contributed by atoms with van der Waals surface area (Å²) in [6, 6.07) is 1.84. The zero-order chi connectivity index (χ0) is 26.0. The smallest absolute Gasteiger partial charge is 0.229 e. The predicted molar refractivity (Wildman–Crippen MR) is 125 cm³/mol. The van der Waals surface area contributed by atoms with Crippen LogP contribution in [0.5, 0.6) is 11.5 Å². The van der Waals surface area contributed by atoms with E-state index in [1.165, 1.54) is 0 Å². The Morgan fingerprint density at radius 3 is 2.37 bits per heavy atom. The minimum atomic E-state index is -1.63. The van der Waals surface area contributed by atoms with Crippen molar-refractivity contribution in [3.63, 3.8) is 0 Å². The molecule has 196 valence electrons. The third-order valence-corrected chi connectivity index (χ3v) is 8.50. The van der Waals surface area contributed by atoms with Gasteiger partial charge in [-0.1, -0.05) is 40.7 Å². The van der Waals surface area contributed by atoms with Gasteiger partial charge < -0.3 is 40.1 Å². The number of hydrogen-bond donors (Lipinski definition) is 6. The first-order valence-electron chi connectivity index (χ1n) is 12.3. The number of aromatic hydroxyl groups is 1. The minimum Gasteiger partial charge on any atom is -0.504 e. The molecule has 0 spiro atoms. The molecular formula is C26H38O9. The van der Waals surface area contributed by atoms with Crippen LogP contribution in [0.2, 0.25) is 0 Å². The maximum Gasteiger partial charge on any atom is 0.229 e. The van der Waals surface area contributed by atoms with Crippen LogP contribution in [0.15, 0.2) is 6.07 Å². The number of benzene rings is 1. The van der Waals surface area contributed by atoms with E-state index in [0.717, 1.165) is 0 Å². The van der Waals surface area contributed by atoms with Crippen molar-refractivity contribution in [2.24, 2.45) is 11.3 Å². The molecule has 0 bridgehead atoms. The standard InChI is InChI=1S/C26H38O9/c1-11(2)13-8-12-9-14(28)23-25(3,4)16(29)6-7-26(23,5)17(12)19(31)22(13)35-24-21(33)20(32)18(30)15(10-27)34-24/h8,11,15-16,18,20-21,23-24,27,29-33H,6-7,9-10H2,1-5H3. The van der Waals surface area contributed by atoms with Gasteiger partial charge in [-0.25, -0.2) is 0 Å². The van der Waals surface area contributed by atoms with Gasteiger partial charge in [0.05, 0.1) is 12.7 Å². The summed E-state index contributed by atoms with van der Waals surface area (Å²) >= 11 is 0. The van der Waals surface area contributed by atoms with E-state index >= 15 is 0 Å². The molecule has 1 heterocycles. The molecule has 6 N–H and O–H groups in total. The Kier molecular flexibility index (Phi) is 6.75. The van der Waals surface area contributed by atoms with Crippen LogP contribution in [0.25, 0.3) is 0 Å². The highest BCUT2D eigenvalue weighted by molar-refractivity contribution is 5.89. The molecule has 1 saturated heterocycles. The average molecular weight is 495 g/mol. The highest BCUT2D eigenvalue weighted by atomic mass is 16.7. The molecule has 9 nitrogen and oxygen atoms in total. The molecule has 0 amide bonds. The number of rotatable bonds is 4. The minimum absolute atomic E-state index is 0.0282. The lowest BCUT2D eigenvalue weighted by molar-refractivity contribution is -0.277. The molecule has 8 unspecified atom stereocenters. The van der Waals surface area contributed by atoms with Crippen molar-refractivity contribution in [3.05, 3.63) is 22.8 Å². The summed E-state index contributed by atoms with van der Waals surface area (Å²) < 4.78 is 11.5. The highest BCUT2D eigenvalue weighted by Crippen LogP contribution is 2.59. The highest BCUT2D eigenvalue weighted by Gasteiger charge is 2.58. The molecule has 0 aromatic heterocycles. The molecule has 1 aliphatic heterocycles. The van der Waals surface area contributed by atoms with Crippen molar-refractivity contribution < 1.29 is 44.9 Å². The topological polar surface area (TPSA) is 157 Å². The monoisotopic (exact) mass is 494 g/mol. The van der Waals surface area contributed by atoms with Gasteiger partial charge in [0.25, 0.3) is 0 Å². The number of hydrogen-bond acceptors (Lipinski definition) is 9. The molecule has 35 heavy (non-hydrogen) atoms. The molecule has 1 saturated carbocycles. The average Bonchev–Trinajstić information content (AvgIpc) is 2.77. The van der Waals surface area contributed by atoms with Crippen LogP contribution in [0.3, 0.4) is 0 Å². The summed E-state index contributed by atoms with van der Waals surface area (Å²) in [5.41, 5.74) is 0.460. The molecule has 1 aromatic rings. The van der Waals surface area contributed by atoms with Crippen molar-refractivity contribution in [1.82, 2.24) is 0 Å². The third kappa shape index (κ3) is 3.97. The maximum atomic E-state index is 13.4.